The Labute approximate surface area is 110 Å². The Kier molecular flexibility index (Phi) is 5.74. The maximum absolute atomic E-state index is 11.1. The highest BCUT2D eigenvalue weighted by molar-refractivity contribution is 5.71. The number of nitro groups is 1. The van der Waals surface area contributed by atoms with Crippen molar-refractivity contribution >= 4 is 11.7 Å². The number of nitro benzene ring substituents is 1. The molecule has 1 aromatic carbocycles. The summed E-state index contributed by atoms with van der Waals surface area (Å²) in [7, 11) is 1.44. The van der Waals surface area contributed by atoms with Gasteiger partial charge in [-0.1, -0.05) is 0 Å². The van der Waals surface area contributed by atoms with Crippen LogP contribution in [0.2, 0.25) is 0 Å². The second-order valence-electron chi connectivity index (χ2n) is 3.70. The van der Waals surface area contributed by atoms with Crippen molar-refractivity contribution in [3.63, 3.8) is 0 Å². The number of methoxy groups -OCH3 is 1. The van der Waals surface area contributed by atoms with E-state index in [1.54, 1.807) is 13.0 Å². The van der Waals surface area contributed by atoms with Crippen LogP contribution in [0.1, 0.15) is 12.5 Å². The summed E-state index contributed by atoms with van der Waals surface area (Å²) in [6.07, 6.45) is 0. The van der Waals surface area contributed by atoms with Crippen LogP contribution in [0.5, 0.6) is 5.75 Å². The van der Waals surface area contributed by atoms with Gasteiger partial charge >= 0.3 is 5.97 Å². The Morgan fingerprint density at radius 3 is 2.74 bits per heavy atom. The van der Waals surface area contributed by atoms with Crippen molar-refractivity contribution in [3.05, 3.63) is 33.9 Å². The fourth-order valence-corrected chi connectivity index (χ4v) is 1.49. The van der Waals surface area contributed by atoms with Crippen LogP contribution in [0.25, 0.3) is 0 Å². The molecule has 1 rings (SSSR count). The molecule has 0 bridgehead atoms. The van der Waals surface area contributed by atoms with Gasteiger partial charge in [0.1, 0.15) is 5.75 Å². The highest BCUT2D eigenvalue weighted by atomic mass is 16.6. The zero-order chi connectivity index (χ0) is 14.3. The van der Waals surface area contributed by atoms with Gasteiger partial charge in [0.2, 0.25) is 0 Å². The van der Waals surface area contributed by atoms with Crippen LogP contribution in [0, 0.1) is 10.1 Å². The third-order valence-corrected chi connectivity index (χ3v) is 2.30. The summed E-state index contributed by atoms with van der Waals surface area (Å²) in [5.41, 5.74) is 0.614. The highest BCUT2D eigenvalue weighted by Crippen LogP contribution is 2.22. The summed E-state index contributed by atoms with van der Waals surface area (Å²) in [5.74, 6) is 0.0435. The lowest BCUT2D eigenvalue weighted by atomic mass is 10.2. The Morgan fingerprint density at radius 1 is 1.42 bits per heavy atom. The van der Waals surface area contributed by atoms with Crippen molar-refractivity contribution in [1.82, 2.24) is 5.32 Å². The largest absolute Gasteiger partial charge is 0.496 e. The van der Waals surface area contributed by atoms with Crippen LogP contribution in [0.3, 0.4) is 0 Å². The number of nitrogens with zero attached hydrogens (tertiary/aromatic N) is 1. The van der Waals surface area contributed by atoms with Crippen molar-refractivity contribution in [2.24, 2.45) is 0 Å². The van der Waals surface area contributed by atoms with Crippen molar-refractivity contribution in [3.8, 4) is 5.75 Å². The molecule has 0 aliphatic heterocycles. The van der Waals surface area contributed by atoms with Crippen molar-refractivity contribution in [1.29, 1.82) is 0 Å². The molecular weight excluding hydrogens is 252 g/mol. The predicted molar refractivity (Wildman–Crippen MR) is 68.0 cm³/mol. The lowest BCUT2D eigenvalue weighted by molar-refractivity contribution is -0.385. The summed E-state index contributed by atoms with van der Waals surface area (Å²) in [6.45, 7) is 2.42. The number of carbonyl (C=O) groups excluding carboxylic acids is 1. The average molecular weight is 268 g/mol. The van der Waals surface area contributed by atoms with Crippen molar-refractivity contribution in [2.75, 3.05) is 20.3 Å². The summed E-state index contributed by atoms with van der Waals surface area (Å²) in [5, 5.41) is 13.6. The van der Waals surface area contributed by atoms with E-state index < -0.39 is 4.92 Å². The van der Waals surface area contributed by atoms with Gasteiger partial charge in [0.05, 0.1) is 31.3 Å². The quantitative estimate of drug-likeness (QED) is 0.454. The number of ether oxygens (including phenoxy) is 2. The number of esters is 1. The highest BCUT2D eigenvalue weighted by Gasteiger charge is 2.10. The number of nitrogens with one attached hydrogen (secondary N) is 1. The van der Waals surface area contributed by atoms with E-state index >= 15 is 0 Å². The molecule has 0 aliphatic rings. The molecule has 0 saturated heterocycles. The predicted octanol–water partition coefficient (Wildman–Crippen LogP) is 1.26. The summed E-state index contributed by atoms with van der Waals surface area (Å²) < 4.78 is 9.74. The number of hydrogen-bond acceptors (Lipinski definition) is 6. The smallest absolute Gasteiger partial charge is 0.319 e. The molecule has 0 radical (unpaired) electrons. The second-order valence-corrected chi connectivity index (χ2v) is 3.70. The lowest BCUT2D eigenvalue weighted by Crippen LogP contribution is -2.24. The van der Waals surface area contributed by atoms with E-state index in [-0.39, 0.29) is 18.2 Å². The Balaban J connectivity index is 2.64. The van der Waals surface area contributed by atoms with Gasteiger partial charge in [0.25, 0.3) is 5.69 Å². The summed E-state index contributed by atoms with van der Waals surface area (Å²) in [4.78, 5) is 21.4. The molecular formula is C12H16N2O5. The number of rotatable bonds is 7. The van der Waals surface area contributed by atoms with Crippen LogP contribution in [-0.2, 0) is 16.1 Å². The van der Waals surface area contributed by atoms with Gasteiger partial charge in [-0.15, -0.1) is 0 Å². The molecule has 7 nitrogen and oxygen atoms in total. The monoisotopic (exact) mass is 268 g/mol. The summed E-state index contributed by atoms with van der Waals surface area (Å²) in [6, 6.07) is 4.45. The van der Waals surface area contributed by atoms with Crippen LogP contribution < -0.4 is 10.1 Å². The van der Waals surface area contributed by atoms with Gasteiger partial charge in [-0.25, -0.2) is 0 Å². The first-order valence-electron chi connectivity index (χ1n) is 5.75. The Morgan fingerprint density at radius 2 is 2.16 bits per heavy atom. The Bertz CT molecular complexity index is 461. The zero-order valence-corrected chi connectivity index (χ0v) is 10.8. The summed E-state index contributed by atoms with van der Waals surface area (Å²) >= 11 is 0. The van der Waals surface area contributed by atoms with Gasteiger partial charge in [0, 0.05) is 12.6 Å². The molecule has 0 atom stereocenters. The van der Waals surface area contributed by atoms with E-state index in [0.29, 0.717) is 24.5 Å². The minimum Gasteiger partial charge on any atom is -0.496 e. The van der Waals surface area contributed by atoms with Crippen molar-refractivity contribution in [2.45, 2.75) is 13.5 Å². The minimum atomic E-state index is -0.489. The molecule has 0 amide bonds. The number of non-ortho nitro benzene ring substituents is 1. The molecule has 0 aromatic heterocycles. The Hall–Kier alpha value is -2.15. The molecule has 0 saturated carbocycles. The van der Waals surface area contributed by atoms with E-state index in [2.05, 4.69) is 5.32 Å². The van der Waals surface area contributed by atoms with E-state index in [1.165, 1.54) is 19.2 Å². The standard InChI is InChI=1S/C12H16N2O5/c1-3-19-12(15)8-13-7-9-4-10(14(16)17)6-11(5-9)18-2/h4-6,13H,3,7-8H2,1-2H3. The third-order valence-electron chi connectivity index (χ3n) is 2.30. The molecule has 104 valence electrons. The van der Waals surface area contributed by atoms with Gasteiger partial charge < -0.3 is 14.8 Å². The molecule has 0 heterocycles. The molecule has 0 fully saturated rings. The SMILES string of the molecule is CCOC(=O)CNCc1cc(OC)cc([N+](=O)[O-])c1. The number of carbonyl (C=O) groups is 1. The molecule has 0 spiro atoms. The second kappa shape index (κ2) is 7.32. The van der Waals surface area contributed by atoms with Crippen LogP contribution in [-0.4, -0.2) is 31.2 Å². The maximum atomic E-state index is 11.1. The lowest BCUT2D eigenvalue weighted by Gasteiger charge is -2.07. The van der Waals surface area contributed by atoms with Gasteiger partial charge in [-0.2, -0.15) is 0 Å². The van der Waals surface area contributed by atoms with Crippen LogP contribution in [0.15, 0.2) is 18.2 Å². The van der Waals surface area contributed by atoms with Crippen LogP contribution >= 0.6 is 0 Å². The molecule has 19 heavy (non-hydrogen) atoms. The first-order valence-corrected chi connectivity index (χ1v) is 5.75. The third kappa shape index (κ3) is 4.92. The van der Waals surface area contributed by atoms with E-state index in [0.717, 1.165) is 0 Å². The fraction of sp³-hybridized carbons (Fsp3) is 0.417. The van der Waals surface area contributed by atoms with E-state index in [9.17, 15) is 14.9 Å². The normalized spacial score (nSPS) is 10.0. The fourth-order valence-electron chi connectivity index (χ4n) is 1.49. The van der Waals surface area contributed by atoms with Crippen molar-refractivity contribution < 1.29 is 19.2 Å². The topological polar surface area (TPSA) is 90.7 Å². The molecule has 7 heteroatoms. The molecule has 1 aromatic rings. The van der Waals surface area contributed by atoms with Crippen LogP contribution in [0.4, 0.5) is 5.69 Å². The number of benzene rings is 1. The van der Waals surface area contributed by atoms with Gasteiger partial charge in [-0.3, -0.25) is 14.9 Å². The van der Waals surface area contributed by atoms with Gasteiger partial charge in [-0.05, 0) is 18.6 Å². The number of hydrogen-bond donors (Lipinski definition) is 1. The van der Waals surface area contributed by atoms with Gasteiger partial charge in [0.15, 0.2) is 0 Å². The minimum absolute atomic E-state index is 0.0488. The zero-order valence-electron chi connectivity index (χ0n) is 10.8. The first-order chi connectivity index (χ1) is 9.06. The average Bonchev–Trinajstić information content (AvgIpc) is 2.38. The molecule has 0 unspecified atom stereocenters. The molecule has 1 N–H and O–H groups in total. The first kappa shape index (κ1) is 14.9. The maximum Gasteiger partial charge on any atom is 0.319 e. The van der Waals surface area contributed by atoms with E-state index in [1.807, 2.05) is 0 Å². The molecule has 0 aliphatic carbocycles. The van der Waals surface area contributed by atoms with E-state index in [4.69, 9.17) is 9.47 Å².